The van der Waals surface area contributed by atoms with E-state index < -0.39 is 5.41 Å². The van der Waals surface area contributed by atoms with E-state index in [1.54, 1.807) is 13.8 Å². The number of hydrogen-bond donors (Lipinski definition) is 0. The lowest BCUT2D eigenvalue weighted by molar-refractivity contribution is -0.149. The first-order chi connectivity index (χ1) is 4.54. The molecule has 0 heterocycles. The number of halogens is 1. The molecular weight excluding hydrogens is 172 g/mol. The van der Waals surface area contributed by atoms with Crippen molar-refractivity contribution >= 4 is 27.6 Å². The van der Waals surface area contributed by atoms with Crippen molar-refractivity contribution in [1.29, 1.82) is 0 Å². The molecule has 0 aliphatic heterocycles. The minimum absolute atomic E-state index is 0.222. The Labute approximate surface area is 69.8 Å². The number of rotatable bonds is 3. The molecule has 0 atom stereocenters. The molecule has 0 rings (SSSR count). The zero-order valence-corrected chi connectivity index (χ0v) is 7.88. The highest BCUT2D eigenvalue weighted by atomic mass is 35.7. The Morgan fingerprint density at radius 1 is 1.70 bits per heavy atom. The summed E-state index contributed by atoms with van der Waals surface area (Å²) in [5, 5.41) is 0. The molecule has 0 spiro atoms. The summed E-state index contributed by atoms with van der Waals surface area (Å²) in [5.41, 5.74) is -0.471. The molecule has 4 heteroatoms. The van der Waals surface area contributed by atoms with Gasteiger partial charge in [-0.2, -0.15) is 0 Å². The average Bonchev–Trinajstić information content (AvgIpc) is 1.86. The van der Waals surface area contributed by atoms with E-state index in [2.05, 4.69) is 4.74 Å². The Balaban J connectivity index is 3.96. The van der Waals surface area contributed by atoms with E-state index in [0.717, 1.165) is 11.0 Å². The fourth-order valence-electron chi connectivity index (χ4n) is 0.472. The first-order valence-corrected chi connectivity index (χ1v) is 4.67. The molecule has 0 fully saturated rings. The van der Waals surface area contributed by atoms with Crippen LogP contribution in [0, 0.1) is 5.41 Å². The maximum Gasteiger partial charge on any atom is 0.312 e. The van der Waals surface area contributed by atoms with E-state index in [0.29, 0.717) is 5.75 Å². The maximum atomic E-state index is 10.9. The summed E-state index contributed by atoms with van der Waals surface area (Å²) in [6, 6.07) is 0. The van der Waals surface area contributed by atoms with Gasteiger partial charge in [0.2, 0.25) is 0 Å². The smallest absolute Gasteiger partial charge is 0.312 e. The molecule has 60 valence electrons. The van der Waals surface area contributed by atoms with Crippen molar-refractivity contribution in [2.45, 2.75) is 13.8 Å². The van der Waals surface area contributed by atoms with Gasteiger partial charge >= 0.3 is 5.97 Å². The van der Waals surface area contributed by atoms with Crippen LogP contribution in [-0.4, -0.2) is 18.8 Å². The number of hydrogen-bond acceptors (Lipinski definition) is 3. The summed E-state index contributed by atoms with van der Waals surface area (Å²) in [6.45, 7) is 3.60. The van der Waals surface area contributed by atoms with E-state index in [4.69, 9.17) is 10.7 Å². The largest absolute Gasteiger partial charge is 0.469 e. The highest BCUT2D eigenvalue weighted by Gasteiger charge is 2.28. The van der Waals surface area contributed by atoms with Crippen LogP contribution in [0.3, 0.4) is 0 Å². The summed E-state index contributed by atoms with van der Waals surface area (Å²) in [6.07, 6.45) is 0. The second kappa shape index (κ2) is 4.09. The maximum absolute atomic E-state index is 10.9. The number of esters is 1. The first-order valence-electron chi connectivity index (χ1n) is 2.86. The summed E-state index contributed by atoms with van der Waals surface area (Å²) >= 11 is 0. The number of methoxy groups -OCH3 is 1. The summed E-state index contributed by atoms with van der Waals surface area (Å²) < 4.78 is 4.56. The molecule has 0 aromatic rings. The molecule has 0 unspecified atom stereocenters. The number of carbonyl (C=O) groups excluding carboxylic acids is 1. The van der Waals surface area contributed by atoms with Crippen molar-refractivity contribution in [3.05, 3.63) is 0 Å². The zero-order chi connectivity index (χ0) is 8.20. The normalized spacial score (nSPS) is 11.2. The van der Waals surface area contributed by atoms with Gasteiger partial charge in [0.05, 0.1) is 12.5 Å². The van der Waals surface area contributed by atoms with E-state index in [1.165, 1.54) is 7.11 Å². The van der Waals surface area contributed by atoms with Gasteiger partial charge in [-0.15, -0.1) is 0 Å². The van der Waals surface area contributed by atoms with Crippen molar-refractivity contribution in [2.24, 2.45) is 5.41 Å². The Bertz CT molecular complexity index is 125. The van der Waals surface area contributed by atoms with Crippen LogP contribution < -0.4 is 0 Å². The van der Waals surface area contributed by atoms with Crippen LogP contribution in [-0.2, 0) is 9.53 Å². The summed E-state index contributed by atoms with van der Waals surface area (Å²) in [5.74, 6) is 0.349. The van der Waals surface area contributed by atoms with Crippen LogP contribution in [0.15, 0.2) is 0 Å². The molecule has 0 saturated carbocycles. The monoisotopic (exact) mass is 182 g/mol. The van der Waals surface area contributed by atoms with Crippen LogP contribution in [0.2, 0.25) is 0 Å². The van der Waals surface area contributed by atoms with E-state index in [9.17, 15) is 4.79 Å². The molecule has 0 aliphatic carbocycles. The molecule has 2 nitrogen and oxygen atoms in total. The Kier molecular flexibility index (Phi) is 4.13. The van der Waals surface area contributed by atoms with Gasteiger partial charge in [-0.3, -0.25) is 4.79 Å². The third-order valence-electron chi connectivity index (χ3n) is 1.15. The molecule has 0 radical (unpaired) electrons. The molecule has 0 aromatic heterocycles. The van der Waals surface area contributed by atoms with Crippen molar-refractivity contribution in [3.63, 3.8) is 0 Å². The van der Waals surface area contributed by atoms with Crippen LogP contribution in [0.25, 0.3) is 0 Å². The standard InChI is InChI=1S/C6H11ClO2S/c1-6(2,4-10-7)5(8)9-3/h4H2,1-3H3. The third-order valence-corrected chi connectivity index (χ3v) is 2.31. The third kappa shape index (κ3) is 2.80. The molecule has 0 aliphatic rings. The quantitative estimate of drug-likeness (QED) is 0.626. The Morgan fingerprint density at radius 3 is 2.50 bits per heavy atom. The number of ether oxygens (including phenoxy) is 1. The second-order valence-electron chi connectivity index (χ2n) is 2.63. The Hall–Kier alpha value is 0.110. The van der Waals surface area contributed by atoms with Crippen molar-refractivity contribution in [2.75, 3.05) is 12.9 Å². The van der Waals surface area contributed by atoms with E-state index in [1.807, 2.05) is 0 Å². The van der Waals surface area contributed by atoms with Crippen LogP contribution in [0.4, 0.5) is 0 Å². The van der Waals surface area contributed by atoms with Crippen LogP contribution in [0.5, 0.6) is 0 Å². The zero-order valence-electron chi connectivity index (χ0n) is 6.31. The SMILES string of the molecule is COC(=O)C(C)(C)CSCl. The number of carbonyl (C=O) groups is 1. The van der Waals surface area contributed by atoms with Gasteiger partial charge in [-0.1, -0.05) is 11.0 Å². The molecule has 0 N–H and O–H groups in total. The summed E-state index contributed by atoms with van der Waals surface area (Å²) in [7, 11) is 7.90. The molecule has 0 bridgehead atoms. The van der Waals surface area contributed by atoms with Gasteiger partial charge < -0.3 is 4.74 Å². The molecule has 0 aromatic carbocycles. The van der Waals surface area contributed by atoms with Gasteiger partial charge in [0.15, 0.2) is 0 Å². The van der Waals surface area contributed by atoms with Crippen molar-refractivity contribution in [1.82, 2.24) is 0 Å². The van der Waals surface area contributed by atoms with E-state index >= 15 is 0 Å². The topological polar surface area (TPSA) is 26.3 Å². The van der Waals surface area contributed by atoms with Gasteiger partial charge in [0.25, 0.3) is 0 Å². The molecule has 0 amide bonds. The van der Waals surface area contributed by atoms with Gasteiger partial charge in [-0.05, 0) is 24.5 Å². The average molecular weight is 183 g/mol. The minimum atomic E-state index is -0.471. The van der Waals surface area contributed by atoms with E-state index in [-0.39, 0.29) is 5.97 Å². The lowest BCUT2D eigenvalue weighted by Gasteiger charge is -2.18. The lowest BCUT2D eigenvalue weighted by Crippen LogP contribution is -2.27. The van der Waals surface area contributed by atoms with Crippen LogP contribution in [0.1, 0.15) is 13.8 Å². The van der Waals surface area contributed by atoms with Gasteiger partial charge in [0.1, 0.15) is 0 Å². The molecule has 10 heavy (non-hydrogen) atoms. The minimum Gasteiger partial charge on any atom is -0.469 e. The lowest BCUT2D eigenvalue weighted by atomic mass is 9.97. The fraction of sp³-hybridized carbons (Fsp3) is 0.833. The highest BCUT2D eigenvalue weighted by molar-refractivity contribution is 8.21. The fourth-order valence-corrected chi connectivity index (χ4v) is 1.68. The predicted octanol–water partition coefficient (Wildman–Crippen LogP) is 2.07. The highest BCUT2D eigenvalue weighted by Crippen LogP contribution is 2.24. The molecular formula is C6H11ClO2S. The first kappa shape index (κ1) is 10.1. The Morgan fingerprint density at radius 2 is 2.20 bits per heavy atom. The van der Waals surface area contributed by atoms with Gasteiger partial charge in [0, 0.05) is 5.75 Å². The summed E-state index contributed by atoms with van der Waals surface area (Å²) in [4.78, 5) is 10.9. The second-order valence-corrected chi connectivity index (χ2v) is 3.79. The molecule has 0 saturated heterocycles. The van der Waals surface area contributed by atoms with Crippen LogP contribution >= 0.6 is 21.7 Å². The van der Waals surface area contributed by atoms with Crippen molar-refractivity contribution < 1.29 is 9.53 Å². The van der Waals surface area contributed by atoms with Crippen molar-refractivity contribution in [3.8, 4) is 0 Å². The van der Waals surface area contributed by atoms with Gasteiger partial charge in [-0.25, -0.2) is 0 Å². The predicted molar refractivity (Wildman–Crippen MR) is 44.1 cm³/mol.